The molecule has 1 aromatic heterocycles. The normalized spacial score (nSPS) is 15.6. The zero-order chi connectivity index (χ0) is 18.1. The minimum absolute atomic E-state index is 0.205. The summed E-state index contributed by atoms with van der Waals surface area (Å²) in [6.45, 7) is 0. The van der Waals surface area contributed by atoms with Gasteiger partial charge in [0, 0.05) is 5.39 Å². The molecule has 2 aromatic carbocycles. The summed E-state index contributed by atoms with van der Waals surface area (Å²) >= 11 is 5.32. The van der Waals surface area contributed by atoms with Gasteiger partial charge in [0.25, 0.3) is 5.91 Å². The van der Waals surface area contributed by atoms with E-state index in [1.165, 1.54) is 4.90 Å². The maximum atomic E-state index is 12.8. The number of anilines is 1. The van der Waals surface area contributed by atoms with E-state index in [9.17, 15) is 4.79 Å². The molecule has 0 atom stereocenters. The molecule has 0 radical (unpaired) electrons. The molecule has 0 bridgehead atoms. The number of pyridine rings is 1. The van der Waals surface area contributed by atoms with Crippen molar-refractivity contribution >= 4 is 45.9 Å². The van der Waals surface area contributed by atoms with Gasteiger partial charge in [-0.1, -0.05) is 36.4 Å². The molecule has 0 unspecified atom stereocenters. The van der Waals surface area contributed by atoms with Gasteiger partial charge in [-0.3, -0.25) is 9.69 Å². The molecule has 26 heavy (non-hydrogen) atoms. The van der Waals surface area contributed by atoms with Crippen LogP contribution in [0.5, 0.6) is 5.75 Å². The summed E-state index contributed by atoms with van der Waals surface area (Å²) in [6, 6.07) is 18.9. The molecule has 128 valence electrons. The van der Waals surface area contributed by atoms with Gasteiger partial charge in [-0.25, -0.2) is 4.98 Å². The first kappa shape index (κ1) is 16.2. The van der Waals surface area contributed by atoms with E-state index < -0.39 is 0 Å². The highest BCUT2D eigenvalue weighted by atomic mass is 32.1. The Labute approximate surface area is 155 Å². The number of carbonyl (C=O) groups is 1. The van der Waals surface area contributed by atoms with Gasteiger partial charge in [0.05, 0.1) is 18.5 Å². The van der Waals surface area contributed by atoms with E-state index in [0.29, 0.717) is 22.3 Å². The quantitative estimate of drug-likeness (QED) is 0.572. The molecule has 5 nitrogen and oxygen atoms in total. The first-order chi connectivity index (χ1) is 12.7. The number of para-hydroxylation sites is 2. The number of fused-ring (bicyclic) bond motifs is 1. The Balaban J connectivity index is 1.72. The third kappa shape index (κ3) is 2.80. The predicted molar refractivity (Wildman–Crippen MR) is 106 cm³/mol. The fourth-order valence-corrected chi connectivity index (χ4v) is 3.17. The van der Waals surface area contributed by atoms with Gasteiger partial charge >= 0.3 is 0 Å². The molecule has 0 spiro atoms. The predicted octanol–water partition coefficient (Wildman–Crippen LogP) is 3.51. The minimum Gasteiger partial charge on any atom is -0.494 e. The number of benzene rings is 2. The van der Waals surface area contributed by atoms with Crippen LogP contribution in [0.3, 0.4) is 0 Å². The molecule has 6 heteroatoms. The van der Waals surface area contributed by atoms with Gasteiger partial charge in [0.15, 0.2) is 5.11 Å². The summed E-state index contributed by atoms with van der Waals surface area (Å²) in [5.74, 6) is 0.484. The SMILES string of the molecule is COc1cccc2ccc(/C=C3\NC(=S)N(c4ccccc4)C3=O)nc12. The fraction of sp³-hybridized carbons (Fsp3) is 0.0500. The highest BCUT2D eigenvalue weighted by Crippen LogP contribution is 2.25. The first-order valence-corrected chi connectivity index (χ1v) is 8.44. The smallest absolute Gasteiger partial charge is 0.281 e. The average Bonchev–Trinajstić information content (AvgIpc) is 2.95. The van der Waals surface area contributed by atoms with Gasteiger partial charge in [-0.15, -0.1) is 0 Å². The highest BCUT2D eigenvalue weighted by Gasteiger charge is 2.31. The molecule has 3 aromatic rings. The average molecular weight is 361 g/mol. The van der Waals surface area contributed by atoms with Crippen LogP contribution in [0.2, 0.25) is 0 Å². The molecule has 1 N–H and O–H groups in total. The van der Waals surface area contributed by atoms with E-state index >= 15 is 0 Å². The number of aromatic nitrogens is 1. The van der Waals surface area contributed by atoms with E-state index in [4.69, 9.17) is 17.0 Å². The maximum Gasteiger partial charge on any atom is 0.281 e. The van der Waals surface area contributed by atoms with E-state index in [1.807, 2.05) is 60.7 Å². The summed E-state index contributed by atoms with van der Waals surface area (Å²) in [5, 5.41) is 4.30. The summed E-state index contributed by atoms with van der Waals surface area (Å²) in [6.07, 6.45) is 1.70. The number of rotatable bonds is 3. The van der Waals surface area contributed by atoms with E-state index in [0.717, 1.165) is 16.6 Å². The Morgan fingerprint density at radius 1 is 1.08 bits per heavy atom. The van der Waals surface area contributed by atoms with Crippen molar-refractivity contribution in [1.82, 2.24) is 10.3 Å². The standard InChI is InChI=1S/C20H15N3O2S/c1-25-17-9-5-6-13-10-11-14(21-18(13)17)12-16-19(24)23(20(26)22-16)15-7-3-2-4-8-15/h2-12H,1H3,(H,22,26)/b16-12-. The summed E-state index contributed by atoms with van der Waals surface area (Å²) in [5.41, 5.74) is 2.51. The van der Waals surface area contributed by atoms with Crippen molar-refractivity contribution in [2.75, 3.05) is 12.0 Å². The third-order valence-electron chi connectivity index (χ3n) is 4.11. The van der Waals surface area contributed by atoms with Crippen molar-refractivity contribution < 1.29 is 9.53 Å². The Morgan fingerprint density at radius 2 is 1.88 bits per heavy atom. The molecule has 1 fully saturated rings. The van der Waals surface area contributed by atoms with Crippen molar-refractivity contribution in [2.45, 2.75) is 0 Å². The number of ether oxygens (including phenoxy) is 1. The van der Waals surface area contributed by atoms with E-state index in [1.54, 1.807) is 13.2 Å². The van der Waals surface area contributed by atoms with Gasteiger partial charge in [0.2, 0.25) is 0 Å². The fourth-order valence-electron chi connectivity index (χ4n) is 2.87. The Morgan fingerprint density at radius 3 is 2.65 bits per heavy atom. The number of amides is 1. The Bertz CT molecular complexity index is 1050. The lowest BCUT2D eigenvalue weighted by Gasteiger charge is -2.13. The number of thiocarbonyl (C=S) groups is 1. The largest absolute Gasteiger partial charge is 0.494 e. The molecule has 0 aliphatic carbocycles. The molecule has 0 saturated carbocycles. The molecule has 1 saturated heterocycles. The molecular formula is C20H15N3O2S. The van der Waals surface area contributed by atoms with Crippen molar-refractivity contribution in [3.05, 3.63) is 72.1 Å². The first-order valence-electron chi connectivity index (χ1n) is 8.03. The topological polar surface area (TPSA) is 54.5 Å². The summed E-state index contributed by atoms with van der Waals surface area (Å²) in [4.78, 5) is 18.8. The maximum absolute atomic E-state index is 12.8. The summed E-state index contributed by atoms with van der Waals surface area (Å²) < 4.78 is 5.37. The highest BCUT2D eigenvalue weighted by molar-refractivity contribution is 7.80. The number of nitrogens with one attached hydrogen (secondary N) is 1. The van der Waals surface area contributed by atoms with E-state index in [2.05, 4.69) is 10.3 Å². The van der Waals surface area contributed by atoms with Gasteiger partial charge in [-0.05, 0) is 42.6 Å². The number of nitrogens with zero attached hydrogens (tertiary/aromatic N) is 2. The van der Waals surface area contributed by atoms with Gasteiger partial charge in [0.1, 0.15) is 17.0 Å². The van der Waals surface area contributed by atoms with Crippen molar-refractivity contribution in [1.29, 1.82) is 0 Å². The van der Waals surface area contributed by atoms with Gasteiger partial charge in [-0.2, -0.15) is 0 Å². The molecule has 4 rings (SSSR count). The molecule has 1 amide bonds. The second-order valence-corrected chi connectivity index (χ2v) is 6.12. The van der Waals surface area contributed by atoms with Crippen LogP contribution in [0.25, 0.3) is 17.0 Å². The molecule has 2 heterocycles. The van der Waals surface area contributed by atoms with Crippen LogP contribution in [0.4, 0.5) is 5.69 Å². The van der Waals surface area contributed by atoms with Crippen molar-refractivity contribution in [3.8, 4) is 5.75 Å². The summed E-state index contributed by atoms with van der Waals surface area (Å²) in [7, 11) is 1.61. The van der Waals surface area contributed by atoms with Crippen molar-refractivity contribution in [2.24, 2.45) is 0 Å². The van der Waals surface area contributed by atoms with Crippen LogP contribution in [0.1, 0.15) is 5.69 Å². The zero-order valence-electron chi connectivity index (χ0n) is 14.0. The number of methoxy groups -OCH3 is 1. The number of carbonyl (C=O) groups excluding carboxylic acids is 1. The molecule has 1 aliphatic heterocycles. The molecule has 1 aliphatic rings. The van der Waals surface area contributed by atoms with Gasteiger partial charge < -0.3 is 10.1 Å². The lowest BCUT2D eigenvalue weighted by atomic mass is 10.1. The lowest BCUT2D eigenvalue weighted by molar-refractivity contribution is -0.113. The monoisotopic (exact) mass is 361 g/mol. The third-order valence-corrected chi connectivity index (χ3v) is 4.39. The second kappa shape index (κ2) is 6.57. The zero-order valence-corrected chi connectivity index (χ0v) is 14.8. The number of hydrogen-bond donors (Lipinski definition) is 1. The molecular weight excluding hydrogens is 346 g/mol. The van der Waals surface area contributed by atoms with Crippen LogP contribution in [-0.4, -0.2) is 23.1 Å². The van der Waals surface area contributed by atoms with Crippen LogP contribution >= 0.6 is 12.2 Å². The minimum atomic E-state index is -0.205. The van der Waals surface area contributed by atoms with Crippen LogP contribution < -0.4 is 15.0 Å². The Hall–Kier alpha value is -3.25. The Kier molecular flexibility index (Phi) is 4.10. The number of hydrogen-bond acceptors (Lipinski definition) is 4. The van der Waals surface area contributed by atoms with Crippen LogP contribution in [0.15, 0.2) is 66.4 Å². The van der Waals surface area contributed by atoms with E-state index in [-0.39, 0.29) is 5.91 Å². The van der Waals surface area contributed by atoms with Crippen LogP contribution in [-0.2, 0) is 4.79 Å². The lowest BCUT2D eigenvalue weighted by Crippen LogP contribution is -2.30. The second-order valence-electron chi connectivity index (χ2n) is 5.73. The van der Waals surface area contributed by atoms with Crippen LogP contribution in [0, 0.1) is 0 Å². The van der Waals surface area contributed by atoms with Crippen molar-refractivity contribution in [3.63, 3.8) is 0 Å².